The van der Waals surface area contributed by atoms with Crippen LogP contribution in [0.15, 0.2) is 24.3 Å². The average Bonchev–Trinajstić information content (AvgIpc) is 2.07. The first-order chi connectivity index (χ1) is 6.46. The molecular weight excluding hydrogens is 285 g/mol. The fraction of sp³-hybridized carbons (Fsp3) is 0.500. The van der Waals surface area contributed by atoms with Crippen LogP contribution in [-0.4, -0.2) is 7.05 Å². The van der Waals surface area contributed by atoms with Crippen LogP contribution < -0.4 is 5.32 Å². The Morgan fingerprint density at radius 1 is 1.21 bits per heavy atom. The predicted molar refractivity (Wildman–Crippen MR) is 70.4 cm³/mol. The first kappa shape index (κ1) is 12.0. The number of nitrogens with one attached hydrogen (secondary N) is 1. The summed E-state index contributed by atoms with van der Waals surface area (Å²) >= 11 is 2.40. The van der Waals surface area contributed by atoms with Gasteiger partial charge in [0.2, 0.25) is 0 Å². The molecule has 2 heteroatoms. The van der Waals surface area contributed by atoms with Gasteiger partial charge in [0, 0.05) is 9.61 Å². The third kappa shape index (κ3) is 2.70. The summed E-state index contributed by atoms with van der Waals surface area (Å²) in [7, 11) is 2.03. The SMILES string of the molecule is CNC(c1ccccc1I)C(C)(C)C. The highest BCUT2D eigenvalue weighted by Gasteiger charge is 2.25. The van der Waals surface area contributed by atoms with Crippen molar-refractivity contribution in [2.24, 2.45) is 5.41 Å². The minimum absolute atomic E-state index is 0.246. The molecular formula is C12H18IN. The van der Waals surface area contributed by atoms with Crippen molar-refractivity contribution in [3.8, 4) is 0 Å². The third-order valence-electron chi connectivity index (χ3n) is 2.37. The van der Waals surface area contributed by atoms with E-state index in [2.05, 4.69) is 72.9 Å². The fourth-order valence-electron chi connectivity index (χ4n) is 1.76. The van der Waals surface area contributed by atoms with E-state index in [-0.39, 0.29) is 5.41 Å². The van der Waals surface area contributed by atoms with Gasteiger partial charge in [-0.1, -0.05) is 39.0 Å². The van der Waals surface area contributed by atoms with Gasteiger partial charge in [-0.05, 0) is 46.7 Å². The second kappa shape index (κ2) is 4.62. The van der Waals surface area contributed by atoms with E-state index in [4.69, 9.17) is 0 Å². The fourth-order valence-corrected chi connectivity index (χ4v) is 2.46. The number of hydrogen-bond donors (Lipinski definition) is 1. The molecule has 1 nitrogen and oxygen atoms in total. The topological polar surface area (TPSA) is 12.0 Å². The molecule has 0 aliphatic carbocycles. The van der Waals surface area contributed by atoms with E-state index in [0.717, 1.165) is 0 Å². The van der Waals surface area contributed by atoms with Gasteiger partial charge in [0.1, 0.15) is 0 Å². The van der Waals surface area contributed by atoms with E-state index in [1.807, 2.05) is 7.05 Å². The average molecular weight is 303 g/mol. The van der Waals surface area contributed by atoms with Crippen LogP contribution in [0.25, 0.3) is 0 Å². The smallest absolute Gasteiger partial charge is 0.0377 e. The Morgan fingerprint density at radius 3 is 2.21 bits per heavy atom. The van der Waals surface area contributed by atoms with Crippen molar-refractivity contribution < 1.29 is 0 Å². The molecule has 1 atom stereocenters. The number of benzene rings is 1. The minimum atomic E-state index is 0.246. The van der Waals surface area contributed by atoms with Crippen molar-refractivity contribution in [1.29, 1.82) is 0 Å². The van der Waals surface area contributed by atoms with Crippen molar-refractivity contribution in [1.82, 2.24) is 5.32 Å². The summed E-state index contributed by atoms with van der Waals surface area (Å²) in [6.45, 7) is 6.78. The summed E-state index contributed by atoms with van der Waals surface area (Å²) in [5.41, 5.74) is 1.64. The Balaban J connectivity index is 3.08. The van der Waals surface area contributed by atoms with E-state index < -0.39 is 0 Å². The van der Waals surface area contributed by atoms with E-state index in [0.29, 0.717) is 6.04 Å². The summed E-state index contributed by atoms with van der Waals surface area (Å²) in [5, 5.41) is 3.39. The van der Waals surface area contributed by atoms with Crippen molar-refractivity contribution in [2.75, 3.05) is 7.05 Å². The van der Waals surface area contributed by atoms with Gasteiger partial charge in [0.15, 0.2) is 0 Å². The summed E-state index contributed by atoms with van der Waals surface area (Å²) < 4.78 is 1.33. The third-order valence-corrected chi connectivity index (χ3v) is 3.35. The van der Waals surface area contributed by atoms with Crippen LogP contribution in [0.5, 0.6) is 0 Å². The molecule has 78 valence electrons. The molecule has 0 spiro atoms. The van der Waals surface area contributed by atoms with Gasteiger partial charge in [-0.2, -0.15) is 0 Å². The van der Waals surface area contributed by atoms with Crippen molar-refractivity contribution in [3.05, 3.63) is 33.4 Å². The molecule has 0 aliphatic rings. The quantitative estimate of drug-likeness (QED) is 0.823. The highest BCUT2D eigenvalue weighted by Crippen LogP contribution is 2.34. The van der Waals surface area contributed by atoms with E-state index in [1.54, 1.807) is 0 Å². The zero-order chi connectivity index (χ0) is 10.8. The molecule has 1 rings (SSSR count). The predicted octanol–water partition coefficient (Wildman–Crippen LogP) is 3.60. The van der Waals surface area contributed by atoms with Gasteiger partial charge < -0.3 is 5.32 Å². The lowest BCUT2D eigenvalue weighted by atomic mass is 9.82. The van der Waals surface area contributed by atoms with Gasteiger partial charge in [0.05, 0.1) is 0 Å². The molecule has 0 heterocycles. The van der Waals surface area contributed by atoms with E-state index >= 15 is 0 Å². The lowest BCUT2D eigenvalue weighted by Crippen LogP contribution is -2.30. The summed E-state index contributed by atoms with van der Waals surface area (Å²) in [6.07, 6.45) is 0. The molecule has 0 aliphatic heterocycles. The van der Waals surface area contributed by atoms with E-state index in [9.17, 15) is 0 Å². The molecule has 1 unspecified atom stereocenters. The molecule has 1 aromatic rings. The maximum atomic E-state index is 3.39. The van der Waals surface area contributed by atoms with Crippen LogP contribution >= 0.6 is 22.6 Å². The van der Waals surface area contributed by atoms with Crippen molar-refractivity contribution in [3.63, 3.8) is 0 Å². The lowest BCUT2D eigenvalue weighted by Gasteiger charge is -2.31. The second-order valence-corrected chi connectivity index (χ2v) is 5.77. The Morgan fingerprint density at radius 2 is 1.79 bits per heavy atom. The van der Waals surface area contributed by atoms with Crippen LogP contribution in [0.1, 0.15) is 32.4 Å². The maximum absolute atomic E-state index is 3.39. The first-order valence-corrected chi connectivity index (χ1v) is 5.96. The van der Waals surface area contributed by atoms with Crippen LogP contribution in [0, 0.1) is 8.99 Å². The monoisotopic (exact) mass is 303 g/mol. The highest BCUT2D eigenvalue weighted by molar-refractivity contribution is 14.1. The Bertz CT molecular complexity index is 301. The number of rotatable bonds is 2. The molecule has 1 N–H and O–H groups in total. The molecule has 0 saturated heterocycles. The Hall–Kier alpha value is -0.0900. The zero-order valence-electron chi connectivity index (χ0n) is 9.26. The molecule has 0 saturated carbocycles. The molecule has 1 aromatic carbocycles. The van der Waals surface area contributed by atoms with Crippen LogP contribution in [0.4, 0.5) is 0 Å². The second-order valence-electron chi connectivity index (χ2n) is 4.61. The summed E-state index contributed by atoms with van der Waals surface area (Å²) in [5.74, 6) is 0. The Labute approximate surface area is 100 Å². The number of hydrogen-bond acceptors (Lipinski definition) is 1. The first-order valence-electron chi connectivity index (χ1n) is 4.88. The van der Waals surface area contributed by atoms with Crippen LogP contribution in [-0.2, 0) is 0 Å². The molecule has 0 bridgehead atoms. The summed E-state index contributed by atoms with van der Waals surface area (Å²) in [6, 6.07) is 8.96. The standard InChI is InChI=1S/C12H18IN/c1-12(2,3)11(14-4)9-7-5-6-8-10(9)13/h5-8,11,14H,1-4H3. The van der Waals surface area contributed by atoms with Gasteiger partial charge in [-0.15, -0.1) is 0 Å². The summed E-state index contributed by atoms with van der Waals surface area (Å²) in [4.78, 5) is 0. The molecule has 0 aromatic heterocycles. The molecule has 0 radical (unpaired) electrons. The highest BCUT2D eigenvalue weighted by atomic mass is 127. The maximum Gasteiger partial charge on any atom is 0.0377 e. The van der Waals surface area contributed by atoms with Crippen molar-refractivity contribution in [2.45, 2.75) is 26.8 Å². The molecule has 14 heavy (non-hydrogen) atoms. The van der Waals surface area contributed by atoms with Crippen LogP contribution in [0.2, 0.25) is 0 Å². The largest absolute Gasteiger partial charge is 0.313 e. The van der Waals surface area contributed by atoms with Gasteiger partial charge in [-0.25, -0.2) is 0 Å². The minimum Gasteiger partial charge on any atom is -0.313 e. The van der Waals surface area contributed by atoms with Crippen LogP contribution in [0.3, 0.4) is 0 Å². The lowest BCUT2D eigenvalue weighted by molar-refractivity contribution is 0.286. The van der Waals surface area contributed by atoms with Crippen molar-refractivity contribution >= 4 is 22.6 Å². The molecule has 0 fully saturated rings. The van der Waals surface area contributed by atoms with E-state index in [1.165, 1.54) is 9.13 Å². The number of halogens is 1. The Kier molecular flexibility index (Phi) is 3.95. The zero-order valence-corrected chi connectivity index (χ0v) is 11.4. The molecule has 0 amide bonds. The van der Waals surface area contributed by atoms with Gasteiger partial charge in [-0.3, -0.25) is 0 Å². The van der Waals surface area contributed by atoms with Gasteiger partial charge in [0.25, 0.3) is 0 Å². The van der Waals surface area contributed by atoms with Gasteiger partial charge >= 0.3 is 0 Å². The normalized spacial score (nSPS) is 14.1.